The number of nitrogens with one attached hydrogen (secondary N) is 1. The molecule has 0 atom stereocenters. The molecule has 3 rings (SSSR count). The average Bonchev–Trinajstić information content (AvgIpc) is 2.97. The second-order valence-electron chi connectivity index (χ2n) is 6.75. The summed E-state index contributed by atoms with van der Waals surface area (Å²) < 4.78 is 1.82. The van der Waals surface area contributed by atoms with Gasteiger partial charge in [0.1, 0.15) is 11.6 Å². The molecule has 0 aliphatic heterocycles. The van der Waals surface area contributed by atoms with E-state index in [1.807, 2.05) is 87.0 Å². The highest BCUT2D eigenvalue weighted by Crippen LogP contribution is 2.21. The smallest absolute Gasteiger partial charge is 0.266 e. The molecule has 1 aromatic heterocycles. The molecule has 2 aromatic carbocycles. The van der Waals surface area contributed by atoms with E-state index in [9.17, 15) is 10.1 Å². The minimum Gasteiger partial charge on any atom is -0.321 e. The molecule has 5 nitrogen and oxygen atoms in total. The van der Waals surface area contributed by atoms with Gasteiger partial charge in [-0.25, -0.2) is 4.68 Å². The Morgan fingerprint density at radius 1 is 1.07 bits per heavy atom. The van der Waals surface area contributed by atoms with Gasteiger partial charge in [-0.2, -0.15) is 10.4 Å². The van der Waals surface area contributed by atoms with Crippen molar-refractivity contribution in [2.75, 3.05) is 5.32 Å². The van der Waals surface area contributed by atoms with Crippen molar-refractivity contribution < 1.29 is 4.79 Å². The monoisotopic (exact) mass is 370 g/mol. The Balaban J connectivity index is 1.92. The van der Waals surface area contributed by atoms with Crippen molar-refractivity contribution >= 4 is 17.7 Å². The standard InChI is InChI=1S/C23H22N4O/c1-15-10-11-20(12-16(15)2)25-23(28)19(14-24)13-22-17(3)26-27(18(22)4)21-8-6-5-7-9-21/h5-13H,1-4H3,(H,25,28)/b19-13-. The Bertz CT molecular complexity index is 1100. The van der Waals surface area contributed by atoms with E-state index in [1.54, 1.807) is 6.08 Å². The van der Waals surface area contributed by atoms with E-state index in [4.69, 9.17) is 0 Å². The fourth-order valence-electron chi connectivity index (χ4n) is 2.99. The van der Waals surface area contributed by atoms with Crippen LogP contribution in [0.4, 0.5) is 5.69 Å². The van der Waals surface area contributed by atoms with Gasteiger partial charge < -0.3 is 5.32 Å². The van der Waals surface area contributed by atoms with Crippen LogP contribution in [0.5, 0.6) is 0 Å². The maximum atomic E-state index is 12.6. The topological polar surface area (TPSA) is 70.7 Å². The molecule has 5 heteroatoms. The highest BCUT2D eigenvalue weighted by Gasteiger charge is 2.15. The number of hydrogen-bond acceptors (Lipinski definition) is 3. The molecule has 0 saturated carbocycles. The highest BCUT2D eigenvalue weighted by molar-refractivity contribution is 6.09. The maximum Gasteiger partial charge on any atom is 0.266 e. The van der Waals surface area contributed by atoms with Crippen molar-refractivity contribution in [1.82, 2.24) is 9.78 Å². The van der Waals surface area contributed by atoms with Crippen LogP contribution in [0.2, 0.25) is 0 Å². The number of carbonyl (C=O) groups is 1. The Hall–Kier alpha value is -3.65. The molecular formula is C23H22N4O. The Labute approximate surface area is 164 Å². The Morgan fingerprint density at radius 3 is 2.43 bits per heavy atom. The number of carbonyl (C=O) groups excluding carboxylic acids is 1. The van der Waals surface area contributed by atoms with E-state index in [2.05, 4.69) is 10.4 Å². The van der Waals surface area contributed by atoms with E-state index in [1.165, 1.54) is 0 Å². The van der Waals surface area contributed by atoms with Crippen molar-refractivity contribution in [2.24, 2.45) is 0 Å². The molecule has 0 spiro atoms. The van der Waals surface area contributed by atoms with Crippen LogP contribution >= 0.6 is 0 Å². The summed E-state index contributed by atoms with van der Waals surface area (Å²) in [5.74, 6) is -0.433. The van der Waals surface area contributed by atoms with Gasteiger partial charge >= 0.3 is 0 Å². The summed E-state index contributed by atoms with van der Waals surface area (Å²) in [5, 5.41) is 16.9. The van der Waals surface area contributed by atoms with Gasteiger partial charge in [0.2, 0.25) is 0 Å². The number of hydrogen-bond donors (Lipinski definition) is 1. The SMILES string of the molecule is Cc1ccc(NC(=O)/C(C#N)=C\c2c(C)nn(-c3ccccc3)c2C)cc1C. The predicted octanol–water partition coefficient (Wildman–Crippen LogP) is 4.65. The van der Waals surface area contributed by atoms with Crippen LogP contribution in [-0.2, 0) is 4.79 Å². The minimum absolute atomic E-state index is 0.0389. The summed E-state index contributed by atoms with van der Waals surface area (Å²) in [7, 11) is 0. The van der Waals surface area contributed by atoms with Gasteiger partial charge in [0.05, 0.1) is 11.4 Å². The van der Waals surface area contributed by atoms with Crippen molar-refractivity contribution in [2.45, 2.75) is 27.7 Å². The zero-order valence-corrected chi connectivity index (χ0v) is 16.4. The Morgan fingerprint density at radius 2 is 1.79 bits per heavy atom. The quantitative estimate of drug-likeness (QED) is 0.537. The molecule has 0 unspecified atom stereocenters. The van der Waals surface area contributed by atoms with Crippen molar-refractivity contribution in [3.05, 3.63) is 82.2 Å². The van der Waals surface area contributed by atoms with Gasteiger partial charge in [0, 0.05) is 16.9 Å². The predicted molar refractivity (Wildman–Crippen MR) is 111 cm³/mol. The fourth-order valence-corrected chi connectivity index (χ4v) is 2.99. The first-order valence-corrected chi connectivity index (χ1v) is 9.02. The number of anilines is 1. The van der Waals surface area contributed by atoms with Gasteiger partial charge in [0.15, 0.2) is 0 Å². The van der Waals surface area contributed by atoms with E-state index >= 15 is 0 Å². The van der Waals surface area contributed by atoms with Crippen LogP contribution in [0.15, 0.2) is 54.1 Å². The van der Waals surface area contributed by atoms with Crippen LogP contribution in [0.3, 0.4) is 0 Å². The molecule has 140 valence electrons. The number of para-hydroxylation sites is 1. The van der Waals surface area contributed by atoms with Crippen LogP contribution in [-0.4, -0.2) is 15.7 Å². The third-order valence-electron chi connectivity index (χ3n) is 4.77. The van der Waals surface area contributed by atoms with Crippen molar-refractivity contribution in [3.63, 3.8) is 0 Å². The van der Waals surface area contributed by atoms with Gasteiger partial charge in [-0.05, 0) is 69.2 Å². The van der Waals surface area contributed by atoms with Crippen molar-refractivity contribution in [3.8, 4) is 11.8 Å². The zero-order chi connectivity index (χ0) is 20.3. The third-order valence-corrected chi connectivity index (χ3v) is 4.77. The zero-order valence-electron chi connectivity index (χ0n) is 16.4. The fraction of sp³-hybridized carbons (Fsp3) is 0.174. The highest BCUT2D eigenvalue weighted by atomic mass is 16.1. The van der Waals surface area contributed by atoms with Gasteiger partial charge in [-0.1, -0.05) is 24.3 Å². The largest absolute Gasteiger partial charge is 0.321 e. The summed E-state index contributed by atoms with van der Waals surface area (Å²) in [5.41, 5.74) is 6.27. The van der Waals surface area contributed by atoms with Crippen LogP contribution in [0.1, 0.15) is 28.1 Å². The van der Waals surface area contributed by atoms with Gasteiger partial charge in [-0.3, -0.25) is 4.79 Å². The third kappa shape index (κ3) is 3.86. The first kappa shape index (κ1) is 19.1. The van der Waals surface area contributed by atoms with E-state index in [0.29, 0.717) is 5.69 Å². The summed E-state index contributed by atoms with van der Waals surface area (Å²) in [6.07, 6.45) is 1.60. The number of benzene rings is 2. The summed E-state index contributed by atoms with van der Waals surface area (Å²) in [6, 6.07) is 17.4. The first-order chi connectivity index (χ1) is 13.4. The lowest BCUT2D eigenvalue weighted by Gasteiger charge is -2.07. The van der Waals surface area contributed by atoms with Crippen LogP contribution in [0, 0.1) is 39.0 Å². The molecule has 3 aromatic rings. The minimum atomic E-state index is -0.433. The first-order valence-electron chi connectivity index (χ1n) is 9.02. The Kier molecular flexibility index (Phi) is 5.42. The molecule has 1 heterocycles. The van der Waals surface area contributed by atoms with E-state index in [-0.39, 0.29) is 5.57 Å². The summed E-state index contributed by atoms with van der Waals surface area (Å²) >= 11 is 0. The van der Waals surface area contributed by atoms with E-state index < -0.39 is 5.91 Å². The average molecular weight is 370 g/mol. The lowest BCUT2D eigenvalue weighted by atomic mass is 10.1. The number of amides is 1. The molecule has 0 aliphatic rings. The summed E-state index contributed by atoms with van der Waals surface area (Å²) in [4.78, 5) is 12.6. The lowest BCUT2D eigenvalue weighted by molar-refractivity contribution is -0.112. The number of aryl methyl sites for hydroxylation is 3. The van der Waals surface area contributed by atoms with Crippen LogP contribution < -0.4 is 5.32 Å². The number of rotatable bonds is 4. The molecule has 0 aliphatic carbocycles. The second-order valence-corrected chi connectivity index (χ2v) is 6.75. The normalized spacial score (nSPS) is 11.2. The molecule has 0 radical (unpaired) electrons. The molecule has 0 fully saturated rings. The molecular weight excluding hydrogens is 348 g/mol. The van der Waals surface area contributed by atoms with Gasteiger partial charge in [0.25, 0.3) is 5.91 Å². The summed E-state index contributed by atoms with van der Waals surface area (Å²) in [6.45, 7) is 7.79. The molecule has 1 amide bonds. The van der Waals surface area contributed by atoms with Gasteiger partial charge in [-0.15, -0.1) is 0 Å². The maximum absolute atomic E-state index is 12.6. The molecule has 28 heavy (non-hydrogen) atoms. The molecule has 1 N–H and O–H groups in total. The molecule has 0 saturated heterocycles. The molecule has 0 bridgehead atoms. The van der Waals surface area contributed by atoms with E-state index in [0.717, 1.165) is 33.8 Å². The van der Waals surface area contributed by atoms with Crippen molar-refractivity contribution in [1.29, 1.82) is 5.26 Å². The lowest BCUT2D eigenvalue weighted by Crippen LogP contribution is -2.13. The number of nitriles is 1. The number of nitrogens with zero attached hydrogens (tertiary/aromatic N) is 3. The van der Waals surface area contributed by atoms with Crippen LogP contribution in [0.25, 0.3) is 11.8 Å². The second kappa shape index (κ2) is 7.93. The number of aromatic nitrogens is 2.